The van der Waals surface area contributed by atoms with Crippen LogP contribution in [0.5, 0.6) is 0 Å². The Morgan fingerprint density at radius 3 is 2.76 bits per heavy atom. The van der Waals surface area contributed by atoms with Gasteiger partial charge in [-0.3, -0.25) is 4.98 Å². The van der Waals surface area contributed by atoms with E-state index in [0.717, 1.165) is 11.3 Å². The normalized spacial score (nSPS) is 13.0. The van der Waals surface area contributed by atoms with E-state index in [2.05, 4.69) is 15.1 Å². The highest BCUT2D eigenvalue weighted by Crippen LogP contribution is 2.21. The first-order chi connectivity index (χ1) is 8.09. The van der Waals surface area contributed by atoms with Crippen molar-refractivity contribution < 1.29 is 4.52 Å². The van der Waals surface area contributed by atoms with Crippen LogP contribution in [0, 0.1) is 12.8 Å². The molecule has 0 spiro atoms. The van der Waals surface area contributed by atoms with Crippen molar-refractivity contribution >= 4 is 0 Å². The summed E-state index contributed by atoms with van der Waals surface area (Å²) in [5, 5.41) is 3.92. The predicted molar refractivity (Wildman–Crippen MR) is 64.0 cm³/mol. The fourth-order valence-corrected chi connectivity index (χ4v) is 1.47. The smallest absolute Gasteiger partial charge is 0.244 e. The van der Waals surface area contributed by atoms with Crippen LogP contribution in [0.1, 0.15) is 31.3 Å². The molecule has 2 rings (SSSR count). The van der Waals surface area contributed by atoms with E-state index in [1.54, 1.807) is 6.20 Å². The van der Waals surface area contributed by atoms with Crippen LogP contribution in [0.25, 0.3) is 11.5 Å². The molecule has 2 aromatic rings. The van der Waals surface area contributed by atoms with E-state index in [1.807, 2.05) is 32.9 Å². The summed E-state index contributed by atoms with van der Waals surface area (Å²) in [6.07, 6.45) is 1.71. The van der Waals surface area contributed by atoms with Crippen molar-refractivity contribution in [3.05, 3.63) is 29.8 Å². The summed E-state index contributed by atoms with van der Waals surface area (Å²) in [6, 6.07) is 3.60. The van der Waals surface area contributed by atoms with Gasteiger partial charge in [-0.2, -0.15) is 4.98 Å². The van der Waals surface area contributed by atoms with Gasteiger partial charge in [0, 0.05) is 6.20 Å². The maximum Gasteiger partial charge on any atom is 0.244 e. The average molecular weight is 232 g/mol. The topological polar surface area (TPSA) is 77.8 Å². The van der Waals surface area contributed by atoms with E-state index in [1.165, 1.54) is 0 Å². The molecule has 5 heteroatoms. The fourth-order valence-electron chi connectivity index (χ4n) is 1.47. The van der Waals surface area contributed by atoms with Crippen molar-refractivity contribution in [1.29, 1.82) is 0 Å². The molecule has 0 saturated carbocycles. The zero-order valence-electron chi connectivity index (χ0n) is 10.2. The minimum absolute atomic E-state index is 0.236. The van der Waals surface area contributed by atoms with Crippen LogP contribution < -0.4 is 5.73 Å². The van der Waals surface area contributed by atoms with Crippen molar-refractivity contribution in [2.24, 2.45) is 11.7 Å². The van der Waals surface area contributed by atoms with Gasteiger partial charge in [-0.1, -0.05) is 25.1 Å². The molecule has 2 heterocycles. The van der Waals surface area contributed by atoms with Gasteiger partial charge in [0.25, 0.3) is 0 Å². The Morgan fingerprint density at radius 1 is 1.35 bits per heavy atom. The maximum absolute atomic E-state index is 5.95. The Kier molecular flexibility index (Phi) is 3.19. The molecular formula is C12H16N4O. The van der Waals surface area contributed by atoms with Gasteiger partial charge in [0.1, 0.15) is 5.69 Å². The molecule has 0 saturated heterocycles. The molecule has 0 aliphatic carbocycles. The van der Waals surface area contributed by atoms with Gasteiger partial charge >= 0.3 is 0 Å². The number of aryl methyl sites for hydroxylation is 1. The lowest BCUT2D eigenvalue weighted by Gasteiger charge is -2.09. The van der Waals surface area contributed by atoms with Gasteiger partial charge in [0.15, 0.2) is 0 Å². The molecule has 2 aromatic heterocycles. The summed E-state index contributed by atoms with van der Waals surface area (Å²) >= 11 is 0. The molecule has 2 N–H and O–H groups in total. The summed E-state index contributed by atoms with van der Waals surface area (Å²) in [4.78, 5) is 8.54. The molecule has 0 fully saturated rings. The Hall–Kier alpha value is -1.75. The zero-order chi connectivity index (χ0) is 12.4. The number of pyridine rings is 1. The van der Waals surface area contributed by atoms with E-state index < -0.39 is 0 Å². The van der Waals surface area contributed by atoms with E-state index in [9.17, 15) is 0 Å². The van der Waals surface area contributed by atoms with Gasteiger partial charge in [0.05, 0.1) is 6.04 Å². The van der Waals surface area contributed by atoms with Crippen LogP contribution in [-0.4, -0.2) is 15.1 Å². The number of aromatic nitrogens is 3. The standard InChI is InChI=1S/C12H16N4O/c1-7(2)9(13)12-15-11(16-17-12)10-8(3)5-4-6-14-10/h4-7,9H,13H2,1-3H3/t9-/m0/s1. The highest BCUT2D eigenvalue weighted by atomic mass is 16.5. The first kappa shape index (κ1) is 11.7. The summed E-state index contributed by atoms with van der Waals surface area (Å²) < 4.78 is 5.17. The Labute approximate surface area is 100 Å². The minimum Gasteiger partial charge on any atom is -0.337 e. The van der Waals surface area contributed by atoms with Gasteiger partial charge < -0.3 is 10.3 Å². The molecule has 0 aliphatic heterocycles. The van der Waals surface area contributed by atoms with Crippen LogP contribution in [0.2, 0.25) is 0 Å². The Morgan fingerprint density at radius 2 is 2.12 bits per heavy atom. The SMILES string of the molecule is Cc1cccnc1-c1noc([C@@H](N)C(C)C)n1. The molecule has 90 valence electrons. The molecule has 0 radical (unpaired) electrons. The number of nitrogens with two attached hydrogens (primary N) is 1. The first-order valence-corrected chi connectivity index (χ1v) is 5.60. The monoisotopic (exact) mass is 232 g/mol. The van der Waals surface area contributed by atoms with Gasteiger partial charge in [-0.15, -0.1) is 0 Å². The fraction of sp³-hybridized carbons (Fsp3) is 0.417. The average Bonchev–Trinajstić information content (AvgIpc) is 2.77. The first-order valence-electron chi connectivity index (χ1n) is 5.60. The molecule has 1 atom stereocenters. The lowest BCUT2D eigenvalue weighted by Crippen LogP contribution is -2.16. The van der Waals surface area contributed by atoms with Gasteiger partial charge in [0.2, 0.25) is 11.7 Å². The number of hydrogen-bond donors (Lipinski definition) is 1. The van der Waals surface area contributed by atoms with Gasteiger partial charge in [-0.05, 0) is 24.5 Å². The molecular weight excluding hydrogens is 216 g/mol. The summed E-state index contributed by atoms with van der Waals surface area (Å²) in [6.45, 7) is 5.99. The summed E-state index contributed by atoms with van der Waals surface area (Å²) in [5.74, 6) is 1.21. The van der Waals surface area contributed by atoms with E-state index in [0.29, 0.717) is 11.7 Å². The third kappa shape index (κ3) is 2.34. The van der Waals surface area contributed by atoms with Gasteiger partial charge in [-0.25, -0.2) is 0 Å². The van der Waals surface area contributed by atoms with Crippen LogP contribution in [-0.2, 0) is 0 Å². The van der Waals surface area contributed by atoms with Crippen LogP contribution in [0.4, 0.5) is 0 Å². The van der Waals surface area contributed by atoms with E-state index in [-0.39, 0.29) is 12.0 Å². The number of nitrogens with zero attached hydrogens (tertiary/aromatic N) is 3. The third-order valence-corrected chi connectivity index (χ3v) is 2.67. The van der Waals surface area contributed by atoms with Crippen molar-refractivity contribution in [2.45, 2.75) is 26.8 Å². The second-order valence-electron chi connectivity index (χ2n) is 4.39. The van der Waals surface area contributed by atoms with Crippen molar-refractivity contribution in [2.75, 3.05) is 0 Å². The largest absolute Gasteiger partial charge is 0.337 e. The molecule has 0 amide bonds. The van der Waals surface area contributed by atoms with Crippen molar-refractivity contribution in [3.8, 4) is 11.5 Å². The predicted octanol–water partition coefficient (Wildman–Crippen LogP) is 2.10. The van der Waals surface area contributed by atoms with E-state index in [4.69, 9.17) is 10.3 Å². The Balaban J connectivity index is 2.34. The lowest BCUT2D eigenvalue weighted by molar-refractivity contribution is 0.325. The van der Waals surface area contributed by atoms with Crippen LogP contribution >= 0.6 is 0 Å². The molecule has 17 heavy (non-hydrogen) atoms. The van der Waals surface area contributed by atoms with Crippen molar-refractivity contribution in [1.82, 2.24) is 15.1 Å². The quantitative estimate of drug-likeness (QED) is 0.876. The lowest BCUT2D eigenvalue weighted by atomic mass is 10.1. The summed E-state index contributed by atoms with van der Waals surface area (Å²) in [7, 11) is 0. The highest BCUT2D eigenvalue weighted by molar-refractivity contribution is 5.53. The van der Waals surface area contributed by atoms with Crippen LogP contribution in [0.3, 0.4) is 0 Å². The second kappa shape index (κ2) is 4.63. The molecule has 0 aliphatic rings. The number of rotatable bonds is 3. The molecule has 5 nitrogen and oxygen atoms in total. The number of hydrogen-bond acceptors (Lipinski definition) is 5. The van der Waals surface area contributed by atoms with Crippen LogP contribution in [0.15, 0.2) is 22.9 Å². The molecule has 0 aromatic carbocycles. The maximum atomic E-state index is 5.95. The second-order valence-corrected chi connectivity index (χ2v) is 4.39. The molecule has 0 bridgehead atoms. The summed E-state index contributed by atoms with van der Waals surface area (Å²) in [5.41, 5.74) is 7.70. The van der Waals surface area contributed by atoms with Crippen molar-refractivity contribution in [3.63, 3.8) is 0 Å². The zero-order valence-corrected chi connectivity index (χ0v) is 10.2. The minimum atomic E-state index is -0.236. The highest BCUT2D eigenvalue weighted by Gasteiger charge is 2.19. The van der Waals surface area contributed by atoms with E-state index >= 15 is 0 Å². The molecule has 0 unspecified atom stereocenters. The third-order valence-electron chi connectivity index (χ3n) is 2.67. The Bertz CT molecular complexity index is 507.